The highest BCUT2D eigenvalue weighted by Gasteiger charge is 2.21. The third-order valence-electron chi connectivity index (χ3n) is 3.67. The summed E-state index contributed by atoms with van der Waals surface area (Å²) in [5.74, 6) is 0.00769. The summed E-state index contributed by atoms with van der Waals surface area (Å²) in [6, 6.07) is 3.84. The second kappa shape index (κ2) is 5.61. The van der Waals surface area contributed by atoms with E-state index < -0.39 is 10.7 Å². The highest BCUT2D eigenvalue weighted by atomic mass is 19.1. The van der Waals surface area contributed by atoms with Gasteiger partial charge in [0.25, 0.3) is 5.69 Å². The lowest BCUT2D eigenvalue weighted by atomic mass is 10.1. The minimum Gasteiger partial charge on any atom is -0.355 e. The number of nitrogens with one attached hydrogen (secondary N) is 1. The number of nitrogens with zero attached hydrogens (tertiary/aromatic N) is 3. The molecule has 0 bridgehead atoms. The molecule has 2 aromatic rings. The Balaban J connectivity index is 2.18. The van der Waals surface area contributed by atoms with E-state index in [0.29, 0.717) is 17.7 Å². The molecule has 21 heavy (non-hydrogen) atoms. The summed E-state index contributed by atoms with van der Waals surface area (Å²) < 4.78 is 14.2. The molecular formula is C14H15FN4O2. The zero-order valence-electron chi connectivity index (χ0n) is 11.4. The van der Waals surface area contributed by atoms with Crippen molar-refractivity contribution in [2.75, 3.05) is 31.1 Å². The number of non-ortho nitro benzene ring substituents is 1. The summed E-state index contributed by atoms with van der Waals surface area (Å²) in [5.41, 5.74) is -0.0944. The molecule has 2 heterocycles. The predicted octanol–water partition coefficient (Wildman–Crippen LogP) is 2.08. The third kappa shape index (κ3) is 2.52. The third-order valence-corrected chi connectivity index (χ3v) is 3.67. The van der Waals surface area contributed by atoms with Gasteiger partial charge in [-0.3, -0.25) is 10.1 Å². The van der Waals surface area contributed by atoms with Crippen molar-refractivity contribution in [3.05, 3.63) is 40.3 Å². The molecule has 3 rings (SSSR count). The van der Waals surface area contributed by atoms with E-state index in [1.807, 2.05) is 4.90 Å². The van der Waals surface area contributed by atoms with Crippen molar-refractivity contribution in [3.8, 4) is 0 Å². The van der Waals surface area contributed by atoms with E-state index in [2.05, 4.69) is 10.3 Å². The topological polar surface area (TPSA) is 71.3 Å². The molecule has 1 fully saturated rings. The number of halogens is 1. The van der Waals surface area contributed by atoms with E-state index in [1.54, 1.807) is 0 Å². The Morgan fingerprint density at radius 3 is 2.95 bits per heavy atom. The Morgan fingerprint density at radius 1 is 1.29 bits per heavy atom. The maximum atomic E-state index is 14.2. The molecule has 6 nitrogen and oxygen atoms in total. The van der Waals surface area contributed by atoms with E-state index >= 15 is 0 Å². The van der Waals surface area contributed by atoms with Crippen molar-refractivity contribution in [2.24, 2.45) is 0 Å². The highest BCUT2D eigenvalue weighted by Crippen LogP contribution is 2.33. The zero-order chi connectivity index (χ0) is 14.8. The van der Waals surface area contributed by atoms with Gasteiger partial charge < -0.3 is 10.2 Å². The number of benzene rings is 1. The molecule has 1 N–H and O–H groups in total. The summed E-state index contributed by atoms with van der Waals surface area (Å²) >= 11 is 0. The summed E-state index contributed by atoms with van der Waals surface area (Å²) in [6.07, 6.45) is 2.43. The monoisotopic (exact) mass is 290 g/mol. The molecule has 0 spiro atoms. The average Bonchev–Trinajstić information content (AvgIpc) is 2.75. The summed E-state index contributed by atoms with van der Waals surface area (Å²) in [4.78, 5) is 16.9. The fraction of sp³-hybridized carbons (Fsp3) is 0.357. The molecule has 0 aliphatic carbocycles. The lowest BCUT2D eigenvalue weighted by molar-refractivity contribution is -0.383. The Hall–Kier alpha value is -2.28. The van der Waals surface area contributed by atoms with Crippen LogP contribution in [0.15, 0.2) is 24.4 Å². The Morgan fingerprint density at radius 2 is 2.14 bits per heavy atom. The predicted molar refractivity (Wildman–Crippen MR) is 78.1 cm³/mol. The maximum absolute atomic E-state index is 14.2. The van der Waals surface area contributed by atoms with Crippen LogP contribution in [0.2, 0.25) is 0 Å². The first-order valence-electron chi connectivity index (χ1n) is 6.86. The number of nitro groups is 1. The van der Waals surface area contributed by atoms with Crippen molar-refractivity contribution >= 4 is 22.3 Å². The lowest BCUT2D eigenvalue weighted by Gasteiger charge is -2.22. The van der Waals surface area contributed by atoms with E-state index in [4.69, 9.17) is 0 Å². The van der Waals surface area contributed by atoms with Crippen molar-refractivity contribution < 1.29 is 9.31 Å². The first-order valence-corrected chi connectivity index (χ1v) is 6.86. The molecule has 0 unspecified atom stereocenters. The molecule has 1 aromatic carbocycles. The highest BCUT2D eigenvalue weighted by molar-refractivity contribution is 5.98. The second-order valence-electron chi connectivity index (χ2n) is 4.97. The van der Waals surface area contributed by atoms with E-state index in [0.717, 1.165) is 32.1 Å². The normalized spacial score (nSPS) is 16.0. The molecule has 0 amide bonds. The largest absolute Gasteiger partial charge is 0.355 e. The Kier molecular flexibility index (Phi) is 3.66. The van der Waals surface area contributed by atoms with Crippen LogP contribution in [0, 0.1) is 15.9 Å². The minimum absolute atomic E-state index is 0.0944. The Labute approximate surface area is 120 Å². The van der Waals surface area contributed by atoms with Crippen molar-refractivity contribution in [1.82, 2.24) is 10.3 Å². The van der Waals surface area contributed by atoms with Crippen LogP contribution in [0.25, 0.3) is 10.8 Å². The molecule has 1 aromatic heterocycles. The number of rotatable bonds is 2. The molecule has 0 radical (unpaired) electrons. The number of nitro benzene ring substituents is 1. The van der Waals surface area contributed by atoms with E-state index in [1.165, 1.54) is 18.3 Å². The molecular weight excluding hydrogens is 275 g/mol. The van der Waals surface area contributed by atoms with Crippen molar-refractivity contribution in [3.63, 3.8) is 0 Å². The van der Waals surface area contributed by atoms with Gasteiger partial charge in [-0.2, -0.15) is 0 Å². The van der Waals surface area contributed by atoms with Crippen LogP contribution in [0.4, 0.5) is 15.9 Å². The molecule has 1 aliphatic heterocycles. The van der Waals surface area contributed by atoms with E-state index in [-0.39, 0.29) is 11.1 Å². The molecule has 7 heteroatoms. The van der Waals surface area contributed by atoms with Crippen LogP contribution in [0.5, 0.6) is 0 Å². The van der Waals surface area contributed by atoms with Gasteiger partial charge in [-0.05, 0) is 25.1 Å². The summed E-state index contributed by atoms with van der Waals surface area (Å²) in [6.45, 7) is 3.15. The summed E-state index contributed by atoms with van der Waals surface area (Å²) in [5, 5.41) is 14.9. The van der Waals surface area contributed by atoms with Crippen molar-refractivity contribution in [2.45, 2.75) is 6.42 Å². The number of aromatic nitrogens is 1. The van der Waals surface area contributed by atoms with E-state index in [9.17, 15) is 14.5 Å². The first-order chi connectivity index (χ1) is 10.2. The average molecular weight is 290 g/mol. The number of hydrogen-bond donors (Lipinski definition) is 1. The SMILES string of the molecule is O=[N+]([O-])c1ccc(F)c2c(N3CCCNCC3)nccc12. The van der Waals surface area contributed by atoms with Gasteiger partial charge in [0.1, 0.15) is 11.6 Å². The van der Waals surface area contributed by atoms with Gasteiger partial charge in [0, 0.05) is 31.9 Å². The molecule has 1 saturated heterocycles. The van der Waals surface area contributed by atoms with Gasteiger partial charge in [-0.1, -0.05) is 0 Å². The summed E-state index contributed by atoms with van der Waals surface area (Å²) in [7, 11) is 0. The standard InChI is InChI=1S/C14H15FN4O2/c15-11-2-3-12(19(20)21)10-4-6-17-14(13(10)11)18-8-1-5-16-7-9-18/h2-4,6,16H,1,5,7-9H2. The second-order valence-corrected chi connectivity index (χ2v) is 4.97. The Bertz CT molecular complexity index is 684. The van der Waals surface area contributed by atoms with Crippen molar-refractivity contribution in [1.29, 1.82) is 0 Å². The molecule has 110 valence electrons. The van der Waals surface area contributed by atoms with Gasteiger partial charge >= 0.3 is 0 Å². The van der Waals surface area contributed by atoms with Gasteiger partial charge in [-0.15, -0.1) is 0 Å². The quantitative estimate of drug-likeness (QED) is 0.677. The maximum Gasteiger partial charge on any atom is 0.277 e. The number of anilines is 1. The van der Waals surface area contributed by atoms with Crippen LogP contribution in [-0.2, 0) is 0 Å². The van der Waals surface area contributed by atoms with Gasteiger partial charge in [0.2, 0.25) is 0 Å². The van der Waals surface area contributed by atoms with Crippen LogP contribution < -0.4 is 10.2 Å². The van der Waals surface area contributed by atoms with Gasteiger partial charge in [-0.25, -0.2) is 9.37 Å². The number of pyridine rings is 1. The fourth-order valence-corrected chi connectivity index (χ4v) is 2.68. The molecule has 0 saturated carbocycles. The van der Waals surface area contributed by atoms with Crippen LogP contribution in [0.1, 0.15) is 6.42 Å². The molecule has 1 aliphatic rings. The van der Waals surface area contributed by atoms with Gasteiger partial charge in [0.15, 0.2) is 0 Å². The van der Waals surface area contributed by atoms with Crippen LogP contribution in [0.3, 0.4) is 0 Å². The number of fused-ring (bicyclic) bond motifs is 1. The van der Waals surface area contributed by atoms with Crippen LogP contribution in [-0.4, -0.2) is 36.1 Å². The smallest absolute Gasteiger partial charge is 0.277 e. The lowest BCUT2D eigenvalue weighted by Crippen LogP contribution is -2.28. The number of hydrogen-bond acceptors (Lipinski definition) is 5. The molecule has 0 atom stereocenters. The first kappa shape index (κ1) is 13.7. The minimum atomic E-state index is -0.491. The zero-order valence-corrected chi connectivity index (χ0v) is 11.4. The van der Waals surface area contributed by atoms with Crippen LogP contribution >= 0.6 is 0 Å². The fourth-order valence-electron chi connectivity index (χ4n) is 2.68. The van der Waals surface area contributed by atoms with Gasteiger partial charge in [0.05, 0.1) is 15.7 Å².